The third kappa shape index (κ3) is 2.53. The number of rotatable bonds is 1. The van der Waals surface area contributed by atoms with Crippen LogP contribution in [-0.4, -0.2) is 13.6 Å². The molecule has 0 aromatic heterocycles. The fourth-order valence-electron chi connectivity index (χ4n) is 0.828. The third-order valence-electron chi connectivity index (χ3n) is 1.44. The smallest absolute Gasteiger partial charge is 0.174 e. The molecule has 1 N–H and O–H groups in total. The highest BCUT2D eigenvalue weighted by Gasteiger charge is 2.03. The van der Waals surface area contributed by atoms with Crippen molar-refractivity contribution < 1.29 is 8.78 Å². The summed E-state index contributed by atoms with van der Waals surface area (Å²) in [5.74, 6) is 3.43. The third-order valence-corrected chi connectivity index (χ3v) is 1.44. The fraction of sp³-hybridized carbons (Fsp3) is 0.200. The highest BCUT2D eigenvalue weighted by Crippen LogP contribution is 2.09. The molecular weight excluding hydrogens is 172 g/mol. The van der Waals surface area contributed by atoms with Crippen LogP contribution in [0.15, 0.2) is 18.2 Å². The molecule has 0 saturated carbocycles. The zero-order chi connectivity index (χ0) is 9.68. The molecule has 1 aromatic carbocycles. The predicted octanol–water partition coefficient (Wildman–Crippen LogP) is 1.54. The van der Waals surface area contributed by atoms with Gasteiger partial charge in [0.05, 0.1) is 12.1 Å². The molecule has 3 heteroatoms. The van der Waals surface area contributed by atoms with E-state index in [1.54, 1.807) is 7.05 Å². The van der Waals surface area contributed by atoms with Crippen molar-refractivity contribution in [1.82, 2.24) is 5.32 Å². The van der Waals surface area contributed by atoms with Gasteiger partial charge >= 0.3 is 0 Å². The summed E-state index contributed by atoms with van der Waals surface area (Å²) in [6.45, 7) is 0.454. The summed E-state index contributed by atoms with van der Waals surface area (Å²) in [4.78, 5) is 0. The van der Waals surface area contributed by atoms with Gasteiger partial charge in [-0.2, -0.15) is 0 Å². The number of hydrogen-bond acceptors (Lipinski definition) is 1. The highest BCUT2D eigenvalue weighted by molar-refractivity contribution is 5.35. The van der Waals surface area contributed by atoms with Crippen LogP contribution in [0, 0.1) is 23.5 Å². The Kier molecular flexibility index (Phi) is 3.41. The molecule has 0 radical (unpaired) electrons. The van der Waals surface area contributed by atoms with Gasteiger partial charge in [-0.05, 0) is 19.2 Å². The van der Waals surface area contributed by atoms with Crippen molar-refractivity contribution in [2.24, 2.45) is 0 Å². The second-order valence-corrected chi connectivity index (χ2v) is 2.43. The maximum Gasteiger partial charge on any atom is 0.174 e. The lowest BCUT2D eigenvalue weighted by atomic mass is 10.2. The Labute approximate surface area is 75.8 Å². The van der Waals surface area contributed by atoms with Crippen LogP contribution in [0.5, 0.6) is 0 Å². The van der Waals surface area contributed by atoms with E-state index in [-0.39, 0.29) is 5.56 Å². The van der Waals surface area contributed by atoms with E-state index in [1.165, 1.54) is 12.1 Å². The molecule has 0 bridgehead atoms. The molecule has 1 aromatic rings. The van der Waals surface area contributed by atoms with E-state index in [0.29, 0.717) is 6.54 Å². The molecular formula is C10H9F2N. The lowest BCUT2D eigenvalue weighted by molar-refractivity contribution is 0.506. The van der Waals surface area contributed by atoms with E-state index in [4.69, 9.17) is 0 Å². The highest BCUT2D eigenvalue weighted by atomic mass is 19.2. The minimum atomic E-state index is -0.883. The average Bonchev–Trinajstić information content (AvgIpc) is 2.13. The van der Waals surface area contributed by atoms with Crippen molar-refractivity contribution in [3.05, 3.63) is 35.4 Å². The van der Waals surface area contributed by atoms with Crippen molar-refractivity contribution in [3.63, 3.8) is 0 Å². The van der Waals surface area contributed by atoms with Gasteiger partial charge < -0.3 is 5.32 Å². The van der Waals surface area contributed by atoms with Gasteiger partial charge in [0.1, 0.15) is 0 Å². The molecule has 0 amide bonds. The van der Waals surface area contributed by atoms with Gasteiger partial charge in [0.25, 0.3) is 0 Å². The van der Waals surface area contributed by atoms with E-state index in [2.05, 4.69) is 17.2 Å². The van der Waals surface area contributed by atoms with Crippen molar-refractivity contribution in [3.8, 4) is 11.8 Å². The van der Waals surface area contributed by atoms with Gasteiger partial charge in [0.2, 0.25) is 0 Å². The summed E-state index contributed by atoms with van der Waals surface area (Å²) < 4.78 is 25.6. The van der Waals surface area contributed by atoms with Crippen molar-refractivity contribution in [2.75, 3.05) is 13.6 Å². The molecule has 1 nitrogen and oxygen atoms in total. The first kappa shape index (κ1) is 9.69. The molecule has 0 atom stereocenters. The Hall–Kier alpha value is -1.40. The summed E-state index contributed by atoms with van der Waals surface area (Å²) in [6.07, 6.45) is 0. The van der Waals surface area contributed by atoms with E-state index in [0.717, 1.165) is 6.07 Å². The summed E-state index contributed by atoms with van der Waals surface area (Å²) in [7, 11) is 1.73. The van der Waals surface area contributed by atoms with Crippen molar-refractivity contribution >= 4 is 0 Å². The normalized spacial score (nSPS) is 9.15. The van der Waals surface area contributed by atoms with E-state index in [9.17, 15) is 8.78 Å². The summed E-state index contributed by atoms with van der Waals surface area (Å²) in [5.41, 5.74) is 0.0928. The van der Waals surface area contributed by atoms with Crippen LogP contribution < -0.4 is 5.32 Å². The number of nitrogens with one attached hydrogen (secondary N) is 1. The number of benzene rings is 1. The van der Waals surface area contributed by atoms with Crippen LogP contribution in [-0.2, 0) is 0 Å². The second-order valence-electron chi connectivity index (χ2n) is 2.43. The molecule has 1 rings (SSSR count). The largest absolute Gasteiger partial charge is 0.309 e. The summed E-state index contributed by atoms with van der Waals surface area (Å²) in [6, 6.07) is 3.95. The van der Waals surface area contributed by atoms with Gasteiger partial charge in [-0.1, -0.05) is 17.9 Å². The topological polar surface area (TPSA) is 12.0 Å². The monoisotopic (exact) mass is 181 g/mol. The first-order valence-corrected chi connectivity index (χ1v) is 3.83. The Morgan fingerprint density at radius 3 is 2.85 bits per heavy atom. The summed E-state index contributed by atoms with van der Waals surface area (Å²) >= 11 is 0. The minimum Gasteiger partial charge on any atom is -0.309 e. The molecule has 0 saturated heterocycles. The Morgan fingerprint density at radius 1 is 1.38 bits per heavy atom. The van der Waals surface area contributed by atoms with E-state index >= 15 is 0 Å². The zero-order valence-corrected chi connectivity index (χ0v) is 7.20. The minimum absolute atomic E-state index is 0.0928. The lowest BCUT2D eigenvalue weighted by Crippen LogP contribution is -2.04. The molecule has 68 valence electrons. The molecule has 0 unspecified atom stereocenters. The van der Waals surface area contributed by atoms with Crippen LogP contribution in [0.2, 0.25) is 0 Å². The second kappa shape index (κ2) is 4.58. The number of halogens is 2. The maximum atomic E-state index is 12.9. The van der Waals surface area contributed by atoms with E-state index < -0.39 is 11.6 Å². The quantitative estimate of drug-likeness (QED) is 0.648. The maximum absolute atomic E-state index is 12.9. The Bertz CT molecular complexity index is 350. The van der Waals surface area contributed by atoms with Crippen LogP contribution in [0.4, 0.5) is 8.78 Å². The Balaban J connectivity index is 2.91. The predicted molar refractivity (Wildman–Crippen MR) is 47.2 cm³/mol. The SMILES string of the molecule is CNCC#Cc1cccc(F)c1F. The zero-order valence-electron chi connectivity index (χ0n) is 7.20. The van der Waals surface area contributed by atoms with Crippen LogP contribution in [0.25, 0.3) is 0 Å². The van der Waals surface area contributed by atoms with Gasteiger partial charge in [-0.15, -0.1) is 0 Å². The average molecular weight is 181 g/mol. The van der Waals surface area contributed by atoms with Crippen LogP contribution >= 0.6 is 0 Å². The van der Waals surface area contributed by atoms with E-state index in [1.807, 2.05) is 0 Å². The molecule has 0 fully saturated rings. The van der Waals surface area contributed by atoms with Crippen molar-refractivity contribution in [2.45, 2.75) is 0 Å². The fourth-order valence-corrected chi connectivity index (χ4v) is 0.828. The van der Waals surface area contributed by atoms with Crippen LogP contribution in [0.3, 0.4) is 0 Å². The molecule has 0 spiro atoms. The molecule has 0 heterocycles. The van der Waals surface area contributed by atoms with Gasteiger partial charge in [-0.3, -0.25) is 0 Å². The Morgan fingerprint density at radius 2 is 2.15 bits per heavy atom. The van der Waals surface area contributed by atoms with Gasteiger partial charge in [0.15, 0.2) is 11.6 Å². The van der Waals surface area contributed by atoms with Crippen LogP contribution in [0.1, 0.15) is 5.56 Å². The lowest BCUT2D eigenvalue weighted by Gasteiger charge is -1.94. The molecule has 13 heavy (non-hydrogen) atoms. The summed E-state index contributed by atoms with van der Waals surface area (Å²) in [5, 5.41) is 2.78. The van der Waals surface area contributed by atoms with Gasteiger partial charge in [0, 0.05) is 0 Å². The van der Waals surface area contributed by atoms with Crippen molar-refractivity contribution in [1.29, 1.82) is 0 Å². The molecule has 0 aliphatic carbocycles. The first-order valence-electron chi connectivity index (χ1n) is 3.83. The van der Waals surface area contributed by atoms with Gasteiger partial charge in [-0.25, -0.2) is 8.78 Å². The standard InChI is InChI=1S/C10H9F2N/c1-13-7-3-5-8-4-2-6-9(11)10(8)12/h2,4,6,13H,7H2,1H3. The first-order chi connectivity index (χ1) is 6.25. The molecule has 0 aliphatic rings. The molecule has 0 aliphatic heterocycles. The number of hydrogen-bond donors (Lipinski definition) is 1.